The van der Waals surface area contributed by atoms with Crippen LogP contribution in [0.25, 0.3) is 11.1 Å². The van der Waals surface area contributed by atoms with Crippen LogP contribution in [0.3, 0.4) is 0 Å². The molecule has 1 heterocycles. The average molecular weight is 279 g/mol. The highest BCUT2D eigenvalue weighted by Crippen LogP contribution is 2.30. The Hall–Kier alpha value is -2.15. The van der Waals surface area contributed by atoms with Gasteiger partial charge in [-0.1, -0.05) is 36.4 Å². The summed E-state index contributed by atoms with van der Waals surface area (Å²) in [6.07, 6.45) is 0.288. The monoisotopic (exact) mass is 279 g/mol. The minimum atomic E-state index is 0.0149. The quantitative estimate of drug-likeness (QED) is 0.784. The molecular formula is C18H17NO2. The Labute approximate surface area is 124 Å². The summed E-state index contributed by atoms with van der Waals surface area (Å²) >= 11 is 0. The van der Waals surface area contributed by atoms with E-state index in [2.05, 4.69) is 25.1 Å². The van der Waals surface area contributed by atoms with Crippen molar-refractivity contribution in [3.63, 3.8) is 0 Å². The van der Waals surface area contributed by atoms with Gasteiger partial charge in [0.1, 0.15) is 6.10 Å². The summed E-state index contributed by atoms with van der Waals surface area (Å²) in [5.41, 5.74) is 4.07. The Bertz CT molecular complexity index is 654. The first-order chi connectivity index (χ1) is 10.3. The zero-order chi connectivity index (χ0) is 14.7. The minimum Gasteiger partial charge on any atom is -0.371 e. The molecule has 0 radical (unpaired) electrons. The summed E-state index contributed by atoms with van der Waals surface area (Å²) in [5, 5.41) is 8.89. The number of nitriles is 1. The van der Waals surface area contributed by atoms with Gasteiger partial charge in [-0.25, -0.2) is 0 Å². The SMILES string of the molecule is CC(OCC1CO1)c1ccccc1-c1ccc(C#N)cc1. The third kappa shape index (κ3) is 3.30. The van der Waals surface area contributed by atoms with E-state index in [0.29, 0.717) is 12.2 Å². The molecular weight excluding hydrogens is 262 g/mol. The van der Waals surface area contributed by atoms with Gasteiger partial charge < -0.3 is 9.47 Å². The van der Waals surface area contributed by atoms with Gasteiger partial charge in [-0.15, -0.1) is 0 Å². The summed E-state index contributed by atoms with van der Waals surface area (Å²) in [7, 11) is 0. The second-order valence-electron chi connectivity index (χ2n) is 5.21. The summed E-state index contributed by atoms with van der Waals surface area (Å²) in [4.78, 5) is 0. The van der Waals surface area contributed by atoms with Gasteiger partial charge >= 0.3 is 0 Å². The van der Waals surface area contributed by atoms with Crippen molar-refractivity contribution in [3.05, 3.63) is 59.7 Å². The molecule has 1 saturated heterocycles. The van der Waals surface area contributed by atoms with Crippen LogP contribution in [0.2, 0.25) is 0 Å². The van der Waals surface area contributed by atoms with Crippen LogP contribution < -0.4 is 0 Å². The second kappa shape index (κ2) is 6.09. The summed E-state index contributed by atoms with van der Waals surface area (Å²) in [6.45, 7) is 3.51. The normalized spacial score (nSPS) is 18.0. The maximum atomic E-state index is 8.89. The lowest BCUT2D eigenvalue weighted by molar-refractivity contribution is 0.0543. The lowest BCUT2D eigenvalue weighted by Gasteiger charge is -2.17. The Balaban J connectivity index is 1.85. The minimum absolute atomic E-state index is 0.0149. The van der Waals surface area contributed by atoms with Gasteiger partial charge in [0.15, 0.2) is 0 Å². The molecule has 2 aromatic carbocycles. The van der Waals surface area contributed by atoms with Crippen LogP contribution >= 0.6 is 0 Å². The molecule has 0 aromatic heterocycles. The predicted molar refractivity (Wildman–Crippen MR) is 80.7 cm³/mol. The van der Waals surface area contributed by atoms with Crippen molar-refractivity contribution in [1.29, 1.82) is 5.26 Å². The smallest absolute Gasteiger partial charge is 0.104 e. The number of epoxide rings is 1. The van der Waals surface area contributed by atoms with E-state index >= 15 is 0 Å². The molecule has 2 atom stereocenters. The van der Waals surface area contributed by atoms with E-state index in [1.54, 1.807) is 0 Å². The highest BCUT2D eigenvalue weighted by molar-refractivity contribution is 5.68. The van der Waals surface area contributed by atoms with Crippen molar-refractivity contribution in [2.75, 3.05) is 13.2 Å². The average Bonchev–Trinajstić information content (AvgIpc) is 3.37. The molecule has 0 aliphatic carbocycles. The number of hydrogen-bond acceptors (Lipinski definition) is 3. The van der Waals surface area contributed by atoms with Crippen LogP contribution in [0, 0.1) is 11.3 Å². The number of nitrogens with zero attached hydrogens (tertiary/aromatic N) is 1. The van der Waals surface area contributed by atoms with Crippen LogP contribution in [0.5, 0.6) is 0 Å². The molecule has 3 rings (SSSR count). The highest BCUT2D eigenvalue weighted by atomic mass is 16.6. The standard InChI is InChI=1S/C18H17NO2/c1-13(20-11-16-12-21-16)17-4-2-3-5-18(17)15-8-6-14(10-19)7-9-15/h2-9,13,16H,11-12H2,1H3. The number of hydrogen-bond donors (Lipinski definition) is 0. The molecule has 2 unspecified atom stereocenters. The molecule has 0 amide bonds. The van der Waals surface area contributed by atoms with Gasteiger partial charge in [-0.2, -0.15) is 5.26 Å². The molecule has 1 aliphatic heterocycles. The Morgan fingerprint density at radius 3 is 2.62 bits per heavy atom. The lowest BCUT2D eigenvalue weighted by Crippen LogP contribution is -2.07. The van der Waals surface area contributed by atoms with E-state index in [9.17, 15) is 0 Å². The largest absolute Gasteiger partial charge is 0.371 e. The van der Waals surface area contributed by atoms with Crippen molar-refractivity contribution in [1.82, 2.24) is 0 Å². The molecule has 21 heavy (non-hydrogen) atoms. The van der Waals surface area contributed by atoms with Crippen LogP contribution in [0.4, 0.5) is 0 Å². The first-order valence-corrected chi connectivity index (χ1v) is 7.10. The van der Waals surface area contributed by atoms with E-state index < -0.39 is 0 Å². The number of rotatable bonds is 5. The summed E-state index contributed by atoms with van der Waals surface area (Å²) in [5.74, 6) is 0. The van der Waals surface area contributed by atoms with Crippen LogP contribution in [0.1, 0.15) is 24.2 Å². The molecule has 3 nitrogen and oxygen atoms in total. The molecule has 3 heteroatoms. The van der Waals surface area contributed by atoms with Crippen LogP contribution in [0.15, 0.2) is 48.5 Å². The maximum Gasteiger partial charge on any atom is 0.104 e. The van der Waals surface area contributed by atoms with Gasteiger partial charge in [0, 0.05) is 0 Å². The summed E-state index contributed by atoms with van der Waals surface area (Å²) in [6, 6.07) is 18.0. The summed E-state index contributed by atoms with van der Waals surface area (Å²) < 4.78 is 11.1. The van der Waals surface area contributed by atoms with Gasteiger partial charge in [0.2, 0.25) is 0 Å². The van der Waals surface area contributed by atoms with Gasteiger partial charge in [-0.3, -0.25) is 0 Å². The fraction of sp³-hybridized carbons (Fsp3) is 0.278. The van der Waals surface area contributed by atoms with E-state index in [4.69, 9.17) is 14.7 Å². The molecule has 2 aromatic rings. The van der Waals surface area contributed by atoms with E-state index in [1.165, 1.54) is 0 Å². The van der Waals surface area contributed by atoms with E-state index in [0.717, 1.165) is 23.3 Å². The third-order valence-electron chi connectivity index (χ3n) is 3.66. The number of ether oxygens (including phenoxy) is 2. The number of benzene rings is 2. The fourth-order valence-corrected chi connectivity index (χ4v) is 2.34. The van der Waals surface area contributed by atoms with Crippen molar-refractivity contribution in [2.24, 2.45) is 0 Å². The molecule has 0 N–H and O–H groups in total. The van der Waals surface area contributed by atoms with Crippen molar-refractivity contribution >= 4 is 0 Å². The van der Waals surface area contributed by atoms with Gasteiger partial charge in [-0.05, 0) is 35.7 Å². The van der Waals surface area contributed by atoms with Crippen molar-refractivity contribution < 1.29 is 9.47 Å². The Morgan fingerprint density at radius 2 is 1.95 bits per heavy atom. The molecule has 1 aliphatic rings. The molecule has 106 valence electrons. The Morgan fingerprint density at radius 1 is 1.24 bits per heavy atom. The Kier molecular flexibility index (Phi) is 4.01. The topological polar surface area (TPSA) is 45.5 Å². The molecule has 1 fully saturated rings. The van der Waals surface area contributed by atoms with Crippen LogP contribution in [-0.4, -0.2) is 19.3 Å². The van der Waals surface area contributed by atoms with Gasteiger partial charge in [0.25, 0.3) is 0 Å². The van der Waals surface area contributed by atoms with E-state index in [1.807, 2.05) is 36.4 Å². The zero-order valence-corrected chi connectivity index (χ0v) is 12.0. The third-order valence-corrected chi connectivity index (χ3v) is 3.66. The van der Waals surface area contributed by atoms with Crippen LogP contribution in [-0.2, 0) is 9.47 Å². The van der Waals surface area contributed by atoms with E-state index in [-0.39, 0.29) is 12.2 Å². The molecule has 0 spiro atoms. The fourth-order valence-electron chi connectivity index (χ4n) is 2.34. The van der Waals surface area contributed by atoms with Crippen molar-refractivity contribution in [2.45, 2.75) is 19.1 Å². The maximum absolute atomic E-state index is 8.89. The van der Waals surface area contributed by atoms with Crippen molar-refractivity contribution in [3.8, 4) is 17.2 Å². The predicted octanol–water partition coefficient (Wildman–Crippen LogP) is 3.70. The lowest BCUT2D eigenvalue weighted by atomic mass is 9.96. The van der Waals surface area contributed by atoms with Gasteiger partial charge in [0.05, 0.1) is 31.0 Å². The molecule has 0 bridgehead atoms. The highest BCUT2D eigenvalue weighted by Gasteiger charge is 2.24. The second-order valence-corrected chi connectivity index (χ2v) is 5.21. The first-order valence-electron chi connectivity index (χ1n) is 7.10. The first kappa shape index (κ1) is 13.8. The zero-order valence-electron chi connectivity index (χ0n) is 12.0. The molecule has 0 saturated carbocycles.